The van der Waals surface area contributed by atoms with Gasteiger partial charge in [0.05, 0.1) is 7.11 Å². The van der Waals surface area contributed by atoms with E-state index in [0.29, 0.717) is 0 Å². The maximum atomic E-state index is 11.2. The molecule has 2 N–H and O–H groups in total. The highest BCUT2D eigenvalue weighted by atomic mass is 16.5. The van der Waals surface area contributed by atoms with Crippen LogP contribution in [0.15, 0.2) is 30.5 Å². The second kappa shape index (κ2) is 5.64. The normalized spacial score (nSPS) is 12.1. The number of benzene rings is 1. The molecule has 2 aromatic rings. The van der Waals surface area contributed by atoms with Gasteiger partial charge in [0.15, 0.2) is 0 Å². The second-order valence-corrected chi connectivity index (χ2v) is 4.51. The van der Waals surface area contributed by atoms with Crippen LogP contribution < -0.4 is 5.32 Å². The molecule has 1 atom stereocenters. The number of nitrogens with zero attached hydrogens (tertiary/aromatic N) is 1. The number of methoxy groups -OCH3 is 1. The Hall–Kier alpha value is -2.50. The minimum absolute atomic E-state index is 0.200. The zero-order chi connectivity index (χ0) is 14.7. The van der Waals surface area contributed by atoms with Crippen LogP contribution in [0, 0.1) is 0 Å². The van der Waals surface area contributed by atoms with Crippen molar-refractivity contribution in [2.75, 3.05) is 7.11 Å². The van der Waals surface area contributed by atoms with Crippen molar-refractivity contribution in [2.24, 2.45) is 7.05 Å². The summed E-state index contributed by atoms with van der Waals surface area (Å²) in [6.07, 6.45) is 1.32. The van der Waals surface area contributed by atoms with E-state index >= 15 is 0 Å². The van der Waals surface area contributed by atoms with E-state index in [4.69, 9.17) is 0 Å². The fraction of sp³-hybridized carbons (Fsp3) is 0.286. The molecular weight excluding hydrogens is 260 g/mol. The number of aromatic nitrogens is 1. The van der Waals surface area contributed by atoms with Crippen LogP contribution in [0.1, 0.15) is 5.56 Å². The lowest BCUT2D eigenvalue weighted by Gasteiger charge is -2.12. The molecule has 1 heterocycles. The molecule has 0 saturated heterocycles. The number of hydrogen-bond acceptors (Lipinski definition) is 3. The minimum Gasteiger partial charge on any atom is -0.480 e. The number of nitrogens with one attached hydrogen (secondary N) is 1. The van der Waals surface area contributed by atoms with Crippen LogP contribution >= 0.6 is 0 Å². The lowest BCUT2D eigenvalue weighted by molar-refractivity contribution is -0.139. The molecule has 106 valence electrons. The molecular formula is C14H16N2O4. The van der Waals surface area contributed by atoms with Crippen molar-refractivity contribution in [1.29, 1.82) is 0 Å². The molecule has 1 amide bonds. The van der Waals surface area contributed by atoms with Crippen LogP contribution in [0.4, 0.5) is 4.79 Å². The van der Waals surface area contributed by atoms with E-state index in [1.54, 1.807) is 0 Å². The summed E-state index contributed by atoms with van der Waals surface area (Å²) >= 11 is 0. The second-order valence-electron chi connectivity index (χ2n) is 4.51. The zero-order valence-electron chi connectivity index (χ0n) is 11.3. The van der Waals surface area contributed by atoms with Crippen LogP contribution in [0.5, 0.6) is 0 Å². The Bertz CT molecular complexity index is 648. The number of para-hydroxylation sites is 1. The molecule has 2 rings (SSSR count). The van der Waals surface area contributed by atoms with Gasteiger partial charge in [-0.15, -0.1) is 0 Å². The molecule has 0 saturated carbocycles. The molecule has 1 unspecified atom stereocenters. The SMILES string of the molecule is COC(=O)NC(Cc1cn(C)c2ccccc12)C(=O)O. The molecule has 0 radical (unpaired) electrons. The average Bonchev–Trinajstić information content (AvgIpc) is 2.75. The molecule has 6 heteroatoms. The molecule has 0 aliphatic rings. The van der Waals surface area contributed by atoms with Gasteiger partial charge in [0.1, 0.15) is 6.04 Å². The van der Waals surface area contributed by atoms with Crippen LogP contribution in [0.3, 0.4) is 0 Å². The van der Waals surface area contributed by atoms with E-state index in [-0.39, 0.29) is 6.42 Å². The van der Waals surface area contributed by atoms with E-state index in [0.717, 1.165) is 16.5 Å². The van der Waals surface area contributed by atoms with Gasteiger partial charge in [-0.2, -0.15) is 0 Å². The fourth-order valence-electron chi connectivity index (χ4n) is 2.21. The van der Waals surface area contributed by atoms with E-state index in [2.05, 4.69) is 10.1 Å². The maximum absolute atomic E-state index is 11.2. The first-order valence-corrected chi connectivity index (χ1v) is 6.13. The van der Waals surface area contributed by atoms with E-state index in [1.807, 2.05) is 42.1 Å². The number of aryl methyl sites for hydroxylation is 1. The molecule has 1 aromatic carbocycles. The first-order chi connectivity index (χ1) is 9.52. The van der Waals surface area contributed by atoms with Gasteiger partial charge in [-0.1, -0.05) is 18.2 Å². The van der Waals surface area contributed by atoms with E-state index in [1.165, 1.54) is 7.11 Å². The Labute approximate surface area is 116 Å². The van der Waals surface area contributed by atoms with E-state index < -0.39 is 18.1 Å². The van der Waals surface area contributed by atoms with Crippen LogP contribution in [-0.4, -0.2) is 34.9 Å². The number of carboxylic acids is 1. The maximum Gasteiger partial charge on any atom is 0.407 e. The zero-order valence-corrected chi connectivity index (χ0v) is 11.3. The number of carbonyl (C=O) groups excluding carboxylic acids is 1. The molecule has 1 aromatic heterocycles. The molecule has 0 spiro atoms. The number of amides is 1. The largest absolute Gasteiger partial charge is 0.480 e. The Morgan fingerprint density at radius 3 is 2.75 bits per heavy atom. The third kappa shape index (κ3) is 2.74. The minimum atomic E-state index is -1.09. The van der Waals surface area contributed by atoms with Crippen molar-refractivity contribution in [3.05, 3.63) is 36.0 Å². The first kappa shape index (κ1) is 13.9. The van der Waals surface area contributed by atoms with Crippen molar-refractivity contribution >= 4 is 23.0 Å². The average molecular weight is 276 g/mol. The lowest BCUT2D eigenvalue weighted by Crippen LogP contribution is -2.42. The van der Waals surface area contributed by atoms with Crippen LogP contribution in [0.25, 0.3) is 10.9 Å². The summed E-state index contributed by atoms with van der Waals surface area (Å²) < 4.78 is 6.37. The number of fused-ring (bicyclic) bond motifs is 1. The van der Waals surface area contributed by atoms with Gasteiger partial charge in [-0.3, -0.25) is 0 Å². The quantitative estimate of drug-likeness (QED) is 0.887. The van der Waals surface area contributed by atoms with E-state index in [9.17, 15) is 14.7 Å². The number of ether oxygens (including phenoxy) is 1. The van der Waals surface area contributed by atoms with Gasteiger partial charge >= 0.3 is 12.1 Å². The monoisotopic (exact) mass is 276 g/mol. The summed E-state index contributed by atoms with van der Waals surface area (Å²) in [7, 11) is 3.10. The van der Waals surface area contributed by atoms with Crippen molar-refractivity contribution < 1.29 is 19.4 Å². The molecule has 0 aliphatic carbocycles. The van der Waals surface area contributed by atoms with Gasteiger partial charge in [-0.05, 0) is 11.6 Å². The van der Waals surface area contributed by atoms with Gasteiger partial charge in [0.2, 0.25) is 0 Å². The van der Waals surface area contributed by atoms with Crippen LogP contribution in [-0.2, 0) is 23.0 Å². The molecule has 6 nitrogen and oxygen atoms in total. The van der Waals surface area contributed by atoms with Gasteiger partial charge < -0.3 is 19.7 Å². The number of rotatable bonds is 4. The molecule has 0 bridgehead atoms. The number of alkyl carbamates (subject to hydrolysis) is 1. The van der Waals surface area contributed by atoms with Crippen molar-refractivity contribution in [2.45, 2.75) is 12.5 Å². The number of aliphatic carboxylic acids is 1. The predicted octanol–water partition coefficient (Wildman–Crippen LogP) is 1.53. The fourth-order valence-corrected chi connectivity index (χ4v) is 2.21. The van der Waals surface area contributed by atoms with Crippen molar-refractivity contribution in [3.8, 4) is 0 Å². The highest BCUT2D eigenvalue weighted by Crippen LogP contribution is 2.21. The summed E-state index contributed by atoms with van der Waals surface area (Å²) in [5.41, 5.74) is 1.89. The smallest absolute Gasteiger partial charge is 0.407 e. The van der Waals surface area contributed by atoms with Gasteiger partial charge in [-0.25, -0.2) is 9.59 Å². The van der Waals surface area contributed by atoms with Crippen molar-refractivity contribution in [3.63, 3.8) is 0 Å². The summed E-state index contributed by atoms with van der Waals surface area (Å²) in [6.45, 7) is 0. The summed E-state index contributed by atoms with van der Waals surface area (Å²) in [5, 5.41) is 12.5. The summed E-state index contributed by atoms with van der Waals surface area (Å²) in [5.74, 6) is -1.09. The third-order valence-electron chi connectivity index (χ3n) is 3.18. The van der Waals surface area contributed by atoms with Gasteiger partial charge in [0.25, 0.3) is 0 Å². The number of carboxylic acid groups (broad SMARTS) is 1. The molecule has 0 aliphatic heterocycles. The summed E-state index contributed by atoms with van der Waals surface area (Å²) in [6, 6.07) is 6.70. The Kier molecular flexibility index (Phi) is 3.93. The molecule has 20 heavy (non-hydrogen) atoms. The highest BCUT2D eigenvalue weighted by molar-refractivity contribution is 5.86. The summed E-state index contributed by atoms with van der Waals surface area (Å²) in [4.78, 5) is 22.4. The topological polar surface area (TPSA) is 80.6 Å². The Balaban J connectivity index is 2.29. The van der Waals surface area contributed by atoms with Gasteiger partial charge in [0, 0.05) is 30.6 Å². The Morgan fingerprint density at radius 1 is 1.40 bits per heavy atom. The lowest BCUT2D eigenvalue weighted by atomic mass is 10.1. The number of carbonyl (C=O) groups is 2. The third-order valence-corrected chi connectivity index (χ3v) is 3.18. The predicted molar refractivity (Wildman–Crippen MR) is 73.6 cm³/mol. The van der Waals surface area contributed by atoms with Crippen LogP contribution in [0.2, 0.25) is 0 Å². The van der Waals surface area contributed by atoms with Crippen molar-refractivity contribution in [1.82, 2.24) is 9.88 Å². The highest BCUT2D eigenvalue weighted by Gasteiger charge is 2.22. The standard InChI is InChI=1S/C14H16N2O4/c1-16-8-9(10-5-3-4-6-12(10)16)7-11(13(17)18)15-14(19)20-2/h3-6,8,11H,7H2,1-2H3,(H,15,19)(H,17,18). The molecule has 0 fully saturated rings. The first-order valence-electron chi connectivity index (χ1n) is 6.13. The number of hydrogen-bond donors (Lipinski definition) is 2. The Morgan fingerprint density at radius 2 is 2.10 bits per heavy atom.